The van der Waals surface area contributed by atoms with E-state index < -0.39 is 0 Å². The Morgan fingerprint density at radius 2 is 2.06 bits per heavy atom. The summed E-state index contributed by atoms with van der Waals surface area (Å²) < 4.78 is 0.970. The highest BCUT2D eigenvalue weighted by atomic mass is 79.9. The molecule has 1 aromatic carbocycles. The Labute approximate surface area is 118 Å². The zero-order valence-corrected chi connectivity index (χ0v) is 12.6. The Bertz CT molecular complexity index is 474. The van der Waals surface area contributed by atoms with E-state index in [9.17, 15) is 5.26 Å². The summed E-state index contributed by atoms with van der Waals surface area (Å²) in [4.78, 5) is 2.36. The second-order valence-corrected chi connectivity index (χ2v) is 6.69. The SMILES string of the molecule is CC1(C)CCCN(c2ccc(Br)cc2C#N)CC1. The highest BCUT2D eigenvalue weighted by Gasteiger charge is 2.24. The minimum Gasteiger partial charge on any atom is -0.370 e. The van der Waals surface area contributed by atoms with Gasteiger partial charge < -0.3 is 4.90 Å². The van der Waals surface area contributed by atoms with Crippen molar-refractivity contribution in [2.24, 2.45) is 5.41 Å². The van der Waals surface area contributed by atoms with Crippen molar-refractivity contribution in [1.29, 1.82) is 5.26 Å². The number of hydrogen-bond donors (Lipinski definition) is 0. The van der Waals surface area contributed by atoms with Gasteiger partial charge in [-0.2, -0.15) is 5.26 Å². The third kappa shape index (κ3) is 3.05. The standard InChI is InChI=1S/C15H19BrN2/c1-15(2)6-3-8-18(9-7-15)14-5-4-13(16)10-12(14)11-17/h4-5,10H,3,6-9H2,1-2H3. The van der Waals surface area contributed by atoms with Crippen LogP contribution in [0.25, 0.3) is 0 Å². The van der Waals surface area contributed by atoms with Gasteiger partial charge in [0.15, 0.2) is 0 Å². The minimum atomic E-state index is 0.428. The molecule has 0 radical (unpaired) electrons. The molecular weight excluding hydrogens is 288 g/mol. The van der Waals surface area contributed by atoms with Gasteiger partial charge in [0.25, 0.3) is 0 Å². The Morgan fingerprint density at radius 3 is 2.78 bits per heavy atom. The van der Waals surface area contributed by atoms with Crippen LogP contribution in [0.1, 0.15) is 38.7 Å². The number of hydrogen-bond acceptors (Lipinski definition) is 2. The van der Waals surface area contributed by atoms with Crippen molar-refractivity contribution < 1.29 is 0 Å². The molecular formula is C15H19BrN2. The van der Waals surface area contributed by atoms with Gasteiger partial charge >= 0.3 is 0 Å². The molecule has 0 spiro atoms. The van der Waals surface area contributed by atoms with Crippen LogP contribution in [-0.2, 0) is 0 Å². The van der Waals surface area contributed by atoms with Crippen molar-refractivity contribution in [3.8, 4) is 6.07 Å². The van der Waals surface area contributed by atoms with Crippen molar-refractivity contribution in [3.63, 3.8) is 0 Å². The molecule has 18 heavy (non-hydrogen) atoms. The molecule has 0 saturated carbocycles. The molecule has 1 aliphatic rings. The van der Waals surface area contributed by atoms with Crippen LogP contribution >= 0.6 is 15.9 Å². The summed E-state index contributed by atoms with van der Waals surface area (Å²) in [7, 11) is 0. The zero-order valence-electron chi connectivity index (χ0n) is 11.0. The fourth-order valence-corrected chi connectivity index (χ4v) is 2.90. The van der Waals surface area contributed by atoms with E-state index in [1.165, 1.54) is 19.3 Å². The highest BCUT2D eigenvalue weighted by molar-refractivity contribution is 9.10. The van der Waals surface area contributed by atoms with E-state index >= 15 is 0 Å². The lowest BCUT2D eigenvalue weighted by Crippen LogP contribution is -2.25. The highest BCUT2D eigenvalue weighted by Crippen LogP contribution is 2.33. The third-order valence-corrected chi connectivity index (χ3v) is 4.25. The van der Waals surface area contributed by atoms with E-state index in [2.05, 4.69) is 46.8 Å². The predicted octanol–water partition coefficient (Wildman–Crippen LogP) is 4.34. The van der Waals surface area contributed by atoms with Crippen LogP contribution in [0.5, 0.6) is 0 Å². The van der Waals surface area contributed by atoms with E-state index in [4.69, 9.17) is 0 Å². The molecule has 2 rings (SSSR count). The summed E-state index contributed by atoms with van der Waals surface area (Å²) in [6, 6.07) is 8.29. The molecule has 1 aliphatic heterocycles. The maximum absolute atomic E-state index is 9.25. The molecule has 1 saturated heterocycles. The van der Waals surface area contributed by atoms with Gasteiger partial charge in [-0.05, 0) is 42.9 Å². The summed E-state index contributed by atoms with van der Waals surface area (Å²) in [6.45, 7) is 6.77. The summed E-state index contributed by atoms with van der Waals surface area (Å²) in [5.74, 6) is 0. The first-order chi connectivity index (χ1) is 8.52. The molecule has 0 aromatic heterocycles. The maximum atomic E-state index is 9.25. The van der Waals surface area contributed by atoms with Crippen LogP contribution in [-0.4, -0.2) is 13.1 Å². The monoisotopic (exact) mass is 306 g/mol. The third-order valence-electron chi connectivity index (χ3n) is 3.76. The molecule has 1 heterocycles. The maximum Gasteiger partial charge on any atom is 0.101 e. The first-order valence-electron chi connectivity index (χ1n) is 6.46. The molecule has 0 atom stereocenters. The quantitative estimate of drug-likeness (QED) is 0.772. The molecule has 0 unspecified atom stereocenters. The van der Waals surface area contributed by atoms with Gasteiger partial charge in [-0.3, -0.25) is 0 Å². The molecule has 0 aliphatic carbocycles. The van der Waals surface area contributed by atoms with Crippen LogP contribution in [0.2, 0.25) is 0 Å². The Morgan fingerprint density at radius 1 is 1.28 bits per heavy atom. The zero-order chi connectivity index (χ0) is 13.2. The van der Waals surface area contributed by atoms with Crippen LogP contribution in [0.15, 0.2) is 22.7 Å². The van der Waals surface area contributed by atoms with Gasteiger partial charge in [-0.15, -0.1) is 0 Å². The van der Waals surface area contributed by atoms with E-state index in [0.717, 1.165) is 28.8 Å². The fourth-order valence-electron chi connectivity index (χ4n) is 2.54. The lowest BCUT2D eigenvalue weighted by atomic mass is 9.85. The lowest BCUT2D eigenvalue weighted by molar-refractivity contribution is 0.325. The largest absolute Gasteiger partial charge is 0.370 e. The summed E-state index contributed by atoms with van der Waals surface area (Å²) in [5, 5.41) is 9.25. The average Bonchev–Trinajstić information content (AvgIpc) is 2.50. The molecule has 0 bridgehead atoms. The van der Waals surface area contributed by atoms with E-state index in [-0.39, 0.29) is 0 Å². The number of nitriles is 1. The molecule has 1 fully saturated rings. The van der Waals surface area contributed by atoms with Crippen molar-refractivity contribution in [2.75, 3.05) is 18.0 Å². The van der Waals surface area contributed by atoms with Gasteiger partial charge in [0, 0.05) is 17.6 Å². The van der Waals surface area contributed by atoms with Crippen molar-refractivity contribution in [3.05, 3.63) is 28.2 Å². The van der Waals surface area contributed by atoms with Crippen LogP contribution in [0, 0.1) is 16.7 Å². The molecule has 0 N–H and O–H groups in total. The van der Waals surface area contributed by atoms with Gasteiger partial charge in [0.05, 0.1) is 11.3 Å². The Hall–Kier alpha value is -1.01. The Kier molecular flexibility index (Phi) is 3.97. The van der Waals surface area contributed by atoms with E-state index in [1.54, 1.807) is 0 Å². The molecule has 1 aromatic rings. The fraction of sp³-hybridized carbons (Fsp3) is 0.533. The molecule has 96 valence electrons. The van der Waals surface area contributed by atoms with Crippen molar-refractivity contribution in [1.82, 2.24) is 0 Å². The van der Waals surface area contributed by atoms with E-state index in [0.29, 0.717) is 5.41 Å². The number of benzene rings is 1. The van der Waals surface area contributed by atoms with Crippen LogP contribution < -0.4 is 4.90 Å². The normalized spacial score (nSPS) is 19.1. The predicted molar refractivity (Wildman–Crippen MR) is 78.7 cm³/mol. The number of anilines is 1. The molecule has 2 nitrogen and oxygen atoms in total. The summed E-state index contributed by atoms with van der Waals surface area (Å²) in [5.41, 5.74) is 2.28. The second kappa shape index (κ2) is 5.32. The lowest BCUT2D eigenvalue weighted by Gasteiger charge is -2.25. The van der Waals surface area contributed by atoms with Gasteiger partial charge in [0.1, 0.15) is 6.07 Å². The molecule has 0 amide bonds. The second-order valence-electron chi connectivity index (χ2n) is 5.78. The number of nitrogens with zero attached hydrogens (tertiary/aromatic N) is 2. The number of halogens is 1. The topological polar surface area (TPSA) is 27.0 Å². The van der Waals surface area contributed by atoms with Crippen LogP contribution in [0.3, 0.4) is 0 Å². The van der Waals surface area contributed by atoms with Crippen molar-refractivity contribution in [2.45, 2.75) is 33.1 Å². The van der Waals surface area contributed by atoms with Gasteiger partial charge in [0.2, 0.25) is 0 Å². The minimum absolute atomic E-state index is 0.428. The summed E-state index contributed by atoms with van der Waals surface area (Å²) in [6.07, 6.45) is 3.66. The summed E-state index contributed by atoms with van der Waals surface area (Å²) >= 11 is 3.43. The molecule has 3 heteroatoms. The first kappa shape index (κ1) is 13.4. The van der Waals surface area contributed by atoms with E-state index in [1.807, 2.05) is 12.1 Å². The van der Waals surface area contributed by atoms with Crippen LogP contribution in [0.4, 0.5) is 5.69 Å². The van der Waals surface area contributed by atoms with Gasteiger partial charge in [-0.25, -0.2) is 0 Å². The average molecular weight is 307 g/mol. The van der Waals surface area contributed by atoms with Crippen molar-refractivity contribution >= 4 is 21.6 Å². The number of rotatable bonds is 1. The first-order valence-corrected chi connectivity index (χ1v) is 7.26. The van der Waals surface area contributed by atoms with Gasteiger partial charge in [-0.1, -0.05) is 29.8 Å². The smallest absolute Gasteiger partial charge is 0.101 e. The Balaban J connectivity index is 2.24.